The first-order valence-corrected chi connectivity index (χ1v) is 18.6. The van der Waals surface area contributed by atoms with E-state index in [1.807, 2.05) is 60.7 Å². The third-order valence-electron chi connectivity index (χ3n) is 9.50. The van der Waals surface area contributed by atoms with Crippen LogP contribution in [0.4, 0.5) is 0 Å². The average molecular weight is 747 g/mol. The Morgan fingerprint density at radius 2 is 0.979 bits per heavy atom. The molecule has 0 N–H and O–H groups in total. The number of hydrogen-bond donors (Lipinski definition) is 0. The summed E-state index contributed by atoms with van der Waals surface area (Å²) in [5.74, 6) is 0. The zero-order valence-corrected chi connectivity index (χ0v) is 30.6. The van der Waals surface area contributed by atoms with E-state index in [9.17, 15) is 10.5 Å². The van der Waals surface area contributed by atoms with Gasteiger partial charge in [-0.05, 0) is 93.8 Å². The highest BCUT2D eigenvalue weighted by Crippen LogP contribution is 2.55. The van der Waals surface area contributed by atoms with Gasteiger partial charge in [-0.25, -0.2) is 0 Å². The Labute approximate surface area is 298 Å². The normalized spacial score (nSPS) is 13.5. The van der Waals surface area contributed by atoms with Crippen LogP contribution in [0.3, 0.4) is 0 Å². The molecule has 1 aliphatic carbocycles. The maximum atomic E-state index is 10.1. The summed E-state index contributed by atoms with van der Waals surface area (Å²) >= 11 is 7.03. The Balaban J connectivity index is 1.64. The third-order valence-corrected chi connectivity index (χ3v) is 10.6. The van der Waals surface area contributed by atoms with Crippen LogP contribution in [0.2, 0.25) is 0 Å². The van der Waals surface area contributed by atoms with Gasteiger partial charge in [0.2, 0.25) is 0 Å². The number of nitriles is 2. The molecule has 5 rings (SSSR count). The number of fused-ring (bicyclic) bond motifs is 3. The maximum Gasteiger partial charge on any atom is 0.0998 e. The molecule has 0 bridgehead atoms. The molecule has 0 heterocycles. The monoisotopic (exact) mass is 744 g/mol. The Morgan fingerprint density at radius 1 is 0.574 bits per heavy atom. The first-order chi connectivity index (χ1) is 22.9. The smallest absolute Gasteiger partial charge is 0.0998 e. The molecule has 238 valence electrons. The third kappa shape index (κ3) is 8.06. The molecular weight excluding hydrogens is 704 g/mol. The molecular formula is C43H42Br2N2. The van der Waals surface area contributed by atoms with Gasteiger partial charge in [-0.3, -0.25) is 0 Å². The number of nitrogens with zero attached hydrogens (tertiary/aromatic N) is 2. The summed E-state index contributed by atoms with van der Waals surface area (Å²) in [4.78, 5) is 0. The summed E-state index contributed by atoms with van der Waals surface area (Å²) in [5.41, 5.74) is 10.5. The van der Waals surface area contributed by atoms with Crippen LogP contribution >= 0.6 is 31.9 Å². The second kappa shape index (κ2) is 16.4. The van der Waals surface area contributed by atoms with E-state index < -0.39 is 0 Å². The van der Waals surface area contributed by atoms with Gasteiger partial charge in [0.05, 0.1) is 23.3 Å². The molecule has 1 aliphatic rings. The van der Waals surface area contributed by atoms with E-state index in [0.717, 1.165) is 44.0 Å². The molecule has 0 amide bonds. The second-order valence-electron chi connectivity index (χ2n) is 12.7. The minimum absolute atomic E-state index is 0.116. The Kier molecular flexibility index (Phi) is 12.1. The van der Waals surface area contributed by atoms with E-state index in [1.54, 1.807) is 0 Å². The van der Waals surface area contributed by atoms with Gasteiger partial charge in [-0.1, -0.05) is 158 Å². The van der Waals surface area contributed by atoms with Crippen molar-refractivity contribution in [3.8, 4) is 23.3 Å². The first kappa shape index (κ1) is 34.6. The second-order valence-corrected chi connectivity index (χ2v) is 14.5. The number of hydrogen-bond acceptors (Lipinski definition) is 2. The lowest BCUT2D eigenvalue weighted by Crippen LogP contribution is -2.25. The molecule has 4 heteroatoms. The van der Waals surface area contributed by atoms with Crippen LogP contribution in [0.5, 0.6) is 0 Å². The predicted octanol–water partition coefficient (Wildman–Crippen LogP) is 13.5. The van der Waals surface area contributed by atoms with E-state index in [-0.39, 0.29) is 5.41 Å². The summed E-state index contributed by atoms with van der Waals surface area (Å²) in [6, 6.07) is 34.4. The SMILES string of the molecule is CCCCCCC1(CCCCCC)c2cc(C=C(C#N)c3ccc(Br)cc3)ccc2-c2ccc(C=C(C#N)c3ccc(Br)cc3)cc21. The highest BCUT2D eigenvalue weighted by molar-refractivity contribution is 9.10. The Bertz CT molecular complexity index is 1700. The van der Waals surface area contributed by atoms with Gasteiger partial charge < -0.3 is 0 Å². The first-order valence-electron chi connectivity index (χ1n) is 17.0. The average Bonchev–Trinajstić information content (AvgIpc) is 3.35. The fourth-order valence-corrected chi connectivity index (χ4v) is 7.56. The van der Waals surface area contributed by atoms with Crippen molar-refractivity contribution in [1.29, 1.82) is 10.5 Å². The van der Waals surface area contributed by atoms with E-state index >= 15 is 0 Å². The van der Waals surface area contributed by atoms with Gasteiger partial charge in [-0.15, -0.1) is 0 Å². The maximum absolute atomic E-state index is 10.1. The minimum atomic E-state index is -0.116. The zero-order valence-electron chi connectivity index (χ0n) is 27.5. The molecule has 0 unspecified atom stereocenters. The van der Waals surface area contributed by atoms with Gasteiger partial charge in [0.15, 0.2) is 0 Å². The van der Waals surface area contributed by atoms with Crippen LogP contribution in [0.25, 0.3) is 34.4 Å². The quantitative estimate of drug-likeness (QED) is 0.0733. The molecule has 47 heavy (non-hydrogen) atoms. The topological polar surface area (TPSA) is 47.6 Å². The number of allylic oxidation sites excluding steroid dienone is 2. The molecule has 0 aliphatic heterocycles. The van der Waals surface area contributed by atoms with Gasteiger partial charge in [0.25, 0.3) is 0 Å². The lowest BCUT2D eigenvalue weighted by atomic mass is 9.70. The Hall–Kier alpha value is -3.70. The standard InChI is InChI=1S/C43H42Br2N2/c1-3-5-7-9-23-43(24-10-8-6-4-2)41-27-31(25-35(29-46)33-13-17-37(44)18-14-33)11-21-39(41)40-22-12-32(28-42(40)43)26-36(30-47)34-15-19-38(45)20-16-34/h11-22,25-28H,3-10,23-24H2,1-2H3. The van der Waals surface area contributed by atoms with Gasteiger partial charge in [-0.2, -0.15) is 10.5 Å². The van der Waals surface area contributed by atoms with Crippen LogP contribution in [-0.4, -0.2) is 0 Å². The highest BCUT2D eigenvalue weighted by atomic mass is 79.9. The minimum Gasteiger partial charge on any atom is -0.192 e. The number of benzene rings is 4. The fraction of sp³-hybridized carbons (Fsp3) is 0.302. The summed E-state index contributed by atoms with van der Waals surface area (Å²) in [6.07, 6.45) is 16.0. The molecule has 0 radical (unpaired) electrons. The summed E-state index contributed by atoms with van der Waals surface area (Å²) in [5, 5.41) is 20.3. The largest absolute Gasteiger partial charge is 0.192 e. The number of unbranched alkanes of at least 4 members (excludes halogenated alkanes) is 6. The lowest BCUT2D eigenvalue weighted by Gasteiger charge is -2.33. The lowest BCUT2D eigenvalue weighted by molar-refractivity contribution is 0.401. The summed E-state index contributed by atoms with van der Waals surface area (Å²) < 4.78 is 2.00. The molecule has 2 nitrogen and oxygen atoms in total. The number of rotatable bonds is 14. The van der Waals surface area contributed by atoms with Crippen LogP contribution in [-0.2, 0) is 5.41 Å². The van der Waals surface area contributed by atoms with E-state index in [1.165, 1.54) is 73.6 Å². The molecule has 0 spiro atoms. The Morgan fingerprint density at radius 3 is 1.34 bits per heavy atom. The number of halogens is 2. The van der Waals surface area contributed by atoms with Crippen LogP contribution in [0.1, 0.15) is 111 Å². The van der Waals surface area contributed by atoms with Crippen molar-refractivity contribution in [2.45, 2.75) is 83.5 Å². The predicted molar refractivity (Wildman–Crippen MR) is 205 cm³/mol. The summed E-state index contributed by atoms with van der Waals surface area (Å²) in [6.45, 7) is 4.54. The molecule has 0 saturated heterocycles. The molecule has 0 atom stereocenters. The van der Waals surface area contributed by atoms with Crippen molar-refractivity contribution >= 4 is 55.2 Å². The van der Waals surface area contributed by atoms with Crippen molar-refractivity contribution in [2.24, 2.45) is 0 Å². The van der Waals surface area contributed by atoms with E-state index in [0.29, 0.717) is 11.1 Å². The van der Waals surface area contributed by atoms with E-state index in [4.69, 9.17) is 0 Å². The van der Waals surface area contributed by atoms with Crippen molar-refractivity contribution < 1.29 is 0 Å². The van der Waals surface area contributed by atoms with Gasteiger partial charge in [0, 0.05) is 14.4 Å². The molecule has 4 aromatic rings. The molecule has 0 aromatic heterocycles. The van der Waals surface area contributed by atoms with Crippen molar-refractivity contribution in [2.75, 3.05) is 0 Å². The molecule has 0 fully saturated rings. The van der Waals surface area contributed by atoms with Crippen molar-refractivity contribution in [3.63, 3.8) is 0 Å². The zero-order chi connectivity index (χ0) is 33.2. The molecule has 0 saturated carbocycles. The van der Waals surface area contributed by atoms with Crippen molar-refractivity contribution in [3.05, 3.63) is 127 Å². The van der Waals surface area contributed by atoms with Crippen molar-refractivity contribution in [1.82, 2.24) is 0 Å². The highest BCUT2D eigenvalue weighted by Gasteiger charge is 2.42. The van der Waals surface area contributed by atoms with Crippen LogP contribution < -0.4 is 0 Å². The molecule has 4 aromatic carbocycles. The van der Waals surface area contributed by atoms with E-state index in [2.05, 4.69) is 94.2 Å². The van der Waals surface area contributed by atoms with Gasteiger partial charge in [0.1, 0.15) is 0 Å². The van der Waals surface area contributed by atoms with Crippen LogP contribution in [0.15, 0.2) is 93.9 Å². The fourth-order valence-electron chi connectivity index (χ4n) is 7.03. The van der Waals surface area contributed by atoms with Crippen LogP contribution in [0, 0.1) is 22.7 Å². The summed E-state index contributed by atoms with van der Waals surface area (Å²) in [7, 11) is 0. The van der Waals surface area contributed by atoms with Gasteiger partial charge >= 0.3 is 0 Å².